The van der Waals surface area contributed by atoms with Crippen LogP contribution in [0.25, 0.3) is 22.3 Å². The van der Waals surface area contributed by atoms with Crippen LogP contribution in [0.15, 0.2) is 18.5 Å². The van der Waals surface area contributed by atoms with Crippen LogP contribution in [0.2, 0.25) is 0 Å². The van der Waals surface area contributed by atoms with Gasteiger partial charge < -0.3 is 20.4 Å². The summed E-state index contributed by atoms with van der Waals surface area (Å²) in [6.07, 6.45) is 5.98. The highest BCUT2D eigenvalue weighted by molar-refractivity contribution is 6.09. The lowest BCUT2D eigenvalue weighted by molar-refractivity contribution is -0.120. The highest BCUT2D eigenvalue weighted by atomic mass is 19.1. The van der Waals surface area contributed by atoms with Gasteiger partial charge in [0.2, 0.25) is 5.91 Å². The number of nitrogens with one attached hydrogen (secondary N) is 3. The Kier molecular flexibility index (Phi) is 6.88. The third-order valence-electron chi connectivity index (χ3n) is 7.60. The maximum atomic E-state index is 15.5. The Bertz CT molecular complexity index is 1350. The zero-order valence-corrected chi connectivity index (χ0v) is 21.8. The van der Waals surface area contributed by atoms with E-state index in [2.05, 4.69) is 32.5 Å². The number of rotatable bonds is 7. The standard InChI is InChI=1S/C28H34FN5O3/c1-14-5-10-21(37-12-18-6-7-18)23(24(14)29)26-27-25(30-13-31-26)22(16(3)32-27)28(36)34-19-8-9-20(15(2)11-19)33-17(4)35/h5,10,13,15,18-20,32H,6-9,11-12H2,1-4H3,(H,33,35)(H,34,36)/t15-,19-,20-/m1/s1. The summed E-state index contributed by atoms with van der Waals surface area (Å²) in [5, 5.41) is 6.16. The zero-order chi connectivity index (χ0) is 26.3. The lowest BCUT2D eigenvalue weighted by Gasteiger charge is -2.34. The molecule has 196 valence electrons. The van der Waals surface area contributed by atoms with E-state index in [4.69, 9.17) is 4.74 Å². The second-order valence-corrected chi connectivity index (χ2v) is 10.7. The van der Waals surface area contributed by atoms with Gasteiger partial charge in [-0.05, 0) is 69.4 Å². The van der Waals surface area contributed by atoms with Crippen LogP contribution in [0.4, 0.5) is 4.39 Å². The molecule has 3 aromatic rings. The number of ether oxygens (including phenoxy) is 1. The Labute approximate surface area is 215 Å². The first-order chi connectivity index (χ1) is 17.7. The molecule has 2 aromatic heterocycles. The molecule has 2 amide bonds. The summed E-state index contributed by atoms with van der Waals surface area (Å²) < 4.78 is 21.5. The molecule has 2 aliphatic rings. The SMILES string of the molecule is CC(=O)N[C@@H]1CC[C@@H](NC(=O)c2c(C)[nH]c3c(-c4c(OCC5CC5)ccc(C)c4F)ncnc23)C[C@H]1C. The maximum absolute atomic E-state index is 15.5. The summed E-state index contributed by atoms with van der Waals surface area (Å²) in [5.74, 6) is 0.560. The van der Waals surface area contributed by atoms with Gasteiger partial charge in [0.25, 0.3) is 5.91 Å². The lowest BCUT2D eigenvalue weighted by atomic mass is 9.82. The lowest BCUT2D eigenvalue weighted by Crippen LogP contribution is -2.47. The van der Waals surface area contributed by atoms with Crippen LogP contribution in [0.3, 0.4) is 0 Å². The first kappa shape index (κ1) is 25.2. The average Bonchev–Trinajstić information content (AvgIpc) is 3.61. The summed E-state index contributed by atoms with van der Waals surface area (Å²) >= 11 is 0. The van der Waals surface area contributed by atoms with Crippen LogP contribution in [-0.4, -0.2) is 45.5 Å². The molecule has 3 N–H and O–H groups in total. The molecule has 0 bridgehead atoms. The molecule has 0 aliphatic heterocycles. The fourth-order valence-corrected chi connectivity index (χ4v) is 5.34. The van der Waals surface area contributed by atoms with Crippen LogP contribution in [0.1, 0.15) is 67.6 Å². The van der Waals surface area contributed by atoms with Gasteiger partial charge in [0.15, 0.2) is 0 Å². The van der Waals surface area contributed by atoms with Crippen molar-refractivity contribution in [2.24, 2.45) is 11.8 Å². The normalized spacial score (nSPS) is 21.6. The van der Waals surface area contributed by atoms with E-state index in [1.165, 1.54) is 13.3 Å². The van der Waals surface area contributed by atoms with Gasteiger partial charge in [-0.15, -0.1) is 0 Å². The monoisotopic (exact) mass is 507 g/mol. The van der Waals surface area contributed by atoms with Gasteiger partial charge in [0, 0.05) is 24.7 Å². The van der Waals surface area contributed by atoms with Crippen molar-refractivity contribution < 1.29 is 18.7 Å². The number of hydrogen-bond acceptors (Lipinski definition) is 5. The van der Waals surface area contributed by atoms with Crippen LogP contribution in [-0.2, 0) is 4.79 Å². The fourth-order valence-electron chi connectivity index (χ4n) is 5.34. The first-order valence-electron chi connectivity index (χ1n) is 13.1. The van der Waals surface area contributed by atoms with E-state index < -0.39 is 5.82 Å². The zero-order valence-electron chi connectivity index (χ0n) is 21.8. The summed E-state index contributed by atoms with van der Waals surface area (Å²) in [7, 11) is 0. The van der Waals surface area contributed by atoms with Crippen molar-refractivity contribution >= 4 is 22.8 Å². The maximum Gasteiger partial charge on any atom is 0.255 e. The topological polar surface area (TPSA) is 109 Å². The predicted molar refractivity (Wildman–Crippen MR) is 139 cm³/mol. The molecule has 0 saturated heterocycles. The molecule has 2 saturated carbocycles. The molecular formula is C28H34FN5O3. The smallest absolute Gasteiger partial charge is 0.255 e. The first-order valence-corrected chi connectivity index (χ1v) is 13.1. The number of benzene rings is 1. The van der Waals surface area contributed by atoms with Crippen LogP contribution in [0, 0.1) is 31.5 Å². The molecule has 1 aromatic carbocycles. The van der Waals surface area contributed by atoms with Gasteiger partial charge in [-0.2, -0.15) is 0 Å². The highest BCUT2D eigenvalue weighted by Gasteiger charge is 2.31. The van der Waals surface area contributed by atoms with E-state index in [1.54, 1.807) is 19.1 Å². The van der Waals surface area contributed by atoms with Gasteiger partial charge in [-0.25, -0.2) is 14.4 Å². The molecule has 2 heterocycles. The van der Waals surface area contributed by atoms with Crippen molar-refractivity contribution in [1.29, 1.82) is 0 Å². The fraction of sp³-hybridized carbons (Fsp3) is 0.500. The van der Waals surface area contributed by atoms with Crippen molar-refractivity contribution in [3.05, 3.63) is 41.1 Å². The van der Waals surface area contributed by atoms with Crippen LogP contribution >= 0.6 is 0 Å². The molecule has 0 unspecified atom stereocenters. The van der Waals surface area contributed by atoms with Crippen LogP contribution in [0.5, 0.6) is 5.75 Å². The summed E-state index contributed by atoms with van der Waals surface area (Å²) in [6.45, 7) is 7.69. The van der Waals surface area contributed by atoms with E-state index in [9.17, 15) is 9.59 Å². The number of carbonyl (C=O) groups is 2. The Morgan fingerprint density at radius 1 is 1.14 bits per heavy atom. The van der Waals surface area contributed by atoms with E-state index in [-0.39, 0.29) is 35.4 Å². The van der Waals surface area contributed by atoms with Gasteiger partial charge in [0.1, 0.15) is 29.1 Å². The Morgan fingerprint density at radius 2 is 1.92 bits per heavy atom. The number of nitrogens with zero attached hydrogens (tertiary/aromatic N) is 2. The van der Waals surface area contributed by atoms with Crippen molar-refractivity contribution in [1.82, 2.24) is 25.6 Å². The van der Waals surface area contributed by atoms with Gasteiger partial charge in [-0.1, -0.05) is 13.0 Å². The minimum Gasteiger partial charge on any atom is -0.492 e. The molecular weight excluding hydrogens is 473 g/mol. The number of aryl methyl sites for hydroxylation is 2. The van der Waals surface area contributed by atoms with E-state index in [0.717, 1.165) is 32.1 Å². The molecule has 3 atom stereocenters. The average molecular weight is 508 g/mol. The number of H-pyrrole nitrogens is 1. The number of hydrogen-bond donors (Lipinski definition) is 3. The van der Waals surface area contributed by atoms with Gasteiger partial charge in [-0.3, -0.25) is 9.59 Å². The summed E-state index contributed by atoms with van der Waals surface area (Å²) in [4.78, 5) is 37.0. The molecule has 5 rings (SSSR count). The highest BCUT2D eigenvalue weighted by Crippen LogP contribution is 2.39. The molecule has 37 heavy (non-hydrogen) atoms. The number of fused-ring (bicyclic) bond motifs is 1. The quantitative estimate of drug-likeness (QED) is 0.433. The number of halogens is 1. The predicted octanol–water partition coefficient (Wildman–Crippen LogP) is 4.59. The summed E-state index contributed by atoms with van der Waals surface area (Å²) in [6, 6.07) is 3.61. The number of aromatic nitrogens is 3. The largest absolute Gasteiger partial charge is 0.492 e. The van der Waals surface area contributed by atoms with Crippen molar-refractivity contribution in [3.8, 4) is 17.0 Å². The number of amides is 2. The molecule has 2 aliphatic carbocycles. The second kappa shape index (κ2) is 10.1. The Balaban J connectivity index is 1.44. The van der Waals surface area contributed by atoms with E-state index >= 15 is 4.39 Å². The summed E-state index contributed by atoms with van der Waals surface area (Å²) in [5.41, 5.74) is 3.19. The molecule has 8 nitrogen and oxygen atoms in total. The Morgan fingerprint density at radius 3 is 2.62 bits per heavy atom. The van der Waals surface area contributed by atoms with Gasteiger partial charge in [0.05, 0.1) is 23.3 Å². The second-order valence-electron chi connectivity index (χ2n) is 10.7. The number of carbonyl (C=O) groups excluding carboxylic acids is 2. The van der Waals surface area contributed by atoms with Crippen molar-refractivity contribution in [2.45, 2.75) is 71.9 Å². The Hall–Kier alpha value is -3.49. The minimum absolute atomic E-state index is 0.00481. The van der Waals surface area contributed by atoms with Crippen LogP contribution < -0.4 is 15.4 Å². The van der Waals surface area contributed by atoms with Gasteiger partial charge >= 0.3 is 0 Å². The molecule has 2 fully saturated rings. The van der Waals surface area contributed by atoms with E-state index in [1.807, 2.05) is 6.92 Å². The third-order valence-corrected chi connectivity index (χ3v) is 7.60. The third kappa shape index (κ3) is 5.17. The molecule has 0 spiro atoms. The minimum atomic E-state index is -0.392. The van der Waals surface area contributed by atoms with Crippen molar-refractivity contribution in [2.75, 3.05) is 6.61 Å². The molecule has 0 radical (unpaired) electrons. The number of aromatic amines is 1. The molecule has 9 heteroatoms. The van der Waals surface area contributed by atoms with E-state index in [0.29, 0.717) is 51.8 Å². The van der Waals surface area contributed by atoms with Crippen molar-refractivity contribution in [3.63, 3.8) is 0 Å².